The van der Waals surface area contributed by atoms with Crippen LogP contribution in [0.3, 0.4) is 0 Å². The van der Waals surface area contributed by atoms with Gasteiger partial charge >= 0.3 is 0 Å². The Hall–Kier alpha value is -0.610. The first-order chi connectivity index (χ1) is 8.60. The van der Waals surface area contributed by atoms with Gasteiger partial charge in [-0.1, -0.05) is 19.8 Å². The molecule has 4 nitrogen and oxygen atoms in total. The fourth-order valence-electron chi connectivity index (χ4n) is 2.92. The molecule has 2 unspecified atom stereocenters. The predicted molar refractivity (Wildman–Crippen MR) is 71.2 cm³/mol. The first-order valence-electron chi connectivity index (χ1n) is 7.28. The summed E-state index contributed by atoms with van der Waals surface area (Å²) in [5.74, 6) is 0.826. The molecule has 1 heterocycles. The first-order valence-corrected chi connectivity index (χ1v) is 7.28. The molecule has 0 aromatic heterocycles. The van der Waals surface area contributed by atoms with E-state index in [-0.39, 0.29) is 5.91 Å². The maximum atomic E-state index is 12.3. The number of ether oxygens (including phenoxy) is 1. The van der Waals surface area contributed by atoms with Crippen LogP contribution in [0, 0.1) is 5.92 Å². The zero-order chi connectivity index (χ0) is 13.0. The third kappa shape index (κ3) is 3.45. The Balaban J connectivity index is 1.86. The van der Waals surface area contributed by atoms with Gasteiger partial charge < -0.3 is 15.8 Å². The Morgan fingerprint density at radius 2 is 1.94 bits per heavy atom. The third-order valence-electron chi connectivity index (χ3n) is 4.43. The molecule has 0 bridgehead atoms. The molecule has 4 heteroatoms. The Labute approximate surface area is 110 Å². The highest BCUT2D eigenvalue weighted by Gasteiger charge is 2.36. The Bertz CT molecular complexity index is 288. The predicted octanol–water partition coefficient (Wildman–Crippen LogP) is 1.58. The van der Waals surface area contributed by atoms with Gasteiger partial charge in [-0.05, 0) is 38.0 Å². The zero-order valence-electron chi connectivity index (χ0n) is 11.4. The minimum atomic E-state index is -0.698. The smallest absolute Gasteiger partial charge is 0.240 e. The molecule has 3 N–H and O–H groups in total. The minimum Gasteiger partial charge on any atom is -0.381 e. The summed E-state index contributed by atoms with van der Waals surface area (Å²) in [5, 5.41) is 3.17. The van der Waals surface area contributed by atoms with Gasteiger partial charge in [0.05, 0.1) is 5.54 Å². The van der Waals surface area contributed by atoms with Crippen molar-refractivity contribution in [3.63, 3.8) is 0 Å². The van der Waals surface area contributed by atoms with E-state index in [1.165, 1.54) is 19.3 Å². The number of nitrogens with one attached hydrogen (secondary N) is 1. The first kappa shape index (κ1) is 13.8. The SMILES string of the molecule is CC1CCCC(NC(=O)C2(N)CCOCC2)CC1. The van der Waals surface area contributed by atoms with E-state index in [0.29, 0.717) is 32.1 Å². The molecule has 2 atom stereocenters. The topological polar surface area (TPSA) is 64.4 Å². The van der Waals surface area contributed by atoms with Crippen LogP contribution in [-0.4, -0.2) is 30.7 Å². The second-order valence-corrected chi connectivity index (χ2v) is 6.05. The molecule has 2 fully saturated rings. The van der Waals surface area contributed by atoms with Crippen LogP contribution in [-0.2, 0) is 9.53 Å². The molecule has 0 spiro atoms. The number of amides is 1. The van der Waals surface area contributed by atoms with Crippen molar-refractivity contribution in [3.05, 3.63) is 0 Å². The van der Waals surface area contributed by atoms with E-state index in [1.807, 2.05) is 0 Å². The van der Waals surface area contributed by atoms with Crippen LogP contribution in [0.25, 0.3) is 0 Å². The molecular weight excluding hydrogens is 228 g/mol. The quantitative estimate of drug-likeness (QED) is 0.735. The monoisotopic (exact) mass is 254 g/mol. The van der Waals surface area contributed by atoms with Crippen molar-refractivity contribution in [1.29, 1.82) is 0 Å². The lowest BCUT2D eigenvalue weighted by Gasteiger charge is -2.33. The van der Waals surface area contributed by atoms with Crippen molar-refractivity contribution in [2.45, 2.75) is 63.5 Å². The second-order valence-electron chi connectivity index (χ2n) is 6.05. The summed E-state index contributed by atoms with van der Waals surface area (Å²) < 4.78 is 5.28. The molecule has 1 aliphatic carbocycles. The van der Waals surface area contributed by atoms with Crippen LogP contribution in [0.2, 0.25) is 0 Å². The van der Waals surface area contributed by atoms with Crippen molar-refractivity contribution in [3.8, 4) is 0 Å². The van der Waals surface area contributed by atoms with Gasteiger partial charge in [0.1, 0.15) is 0 Å². The van der Waals surface area contributed by atoms with E-state index in [1.54, 1.807) is 0 Å². The molecule has 1 aliphatic heterocycles. The lowest BCUT2D eigenvalue weighted by Crippen LogP contribution is -2.58. The molecule has 1 amide bonds. The van der Waals surface area contributed by atoms with Crippen molar-refractivity contribution < 1.29 is 9.53 Å². The molecule has 1 saturated heterocycles. The standard InChI is InChI=1S/C14H26N2O2/c1-11-3-2-4-12(6-5-11)16-13(17)14(15)7-9-18-10-8-14/h11-12H,2-10,15H2,1H3,(H,16,17). The van der Waals surface area contributed by atoms with Gasteiger partial charge in [-0.3, -0.25) is 4.79 Å². The highest BCUT2D eigenvalue weighted by Crippen LogP contribution is 2.24. The van der Waals surface area contributed by atoms with Crippen molar-refractivity contribution in [2.24, 2.45) is 11.7 Å². The zero-order valence-corrected chi connectivity index (χ0v) is 11.4. The minimum absolute atomic E-state index is 0.0327. The molecule has 0 radical (unpaired) electrons. The van der Waals surface area contributed by atoms with E-state index in [9.17, 15) is 4.79 Å². The van der Waals surface area contributed by atoms with E-state index in [0.717, 1.165) is 18.8 Å². The summed E-state index contributed by atoms with van der Waals surface area (Å²) in [6.07, 6.45) is 7.19. The number of hydrogen-bond donors (Lipinski definition) is 2. The van der Waals surface area contributed by atoms with E-state index >= 15 is 0 Å². The maximum absolute atomic E-state index is 12.3. The number of hydrogen-bond acceptors (Lipinski definition) is 3. The molecule has 104 valence electrons. The fraction of sp³-hybridized carbons (Fsp3) is 0.929. The summed E-state index contributed by atoms with van der Waals surface area (Å²) in [6.45, 7) is 3.50. The van der Waals surface area contributed by atoms with Gasteiger partial charge in [-0.2, -0.15) is 0 Å². The van der Waals surface area contributed by atoms with Crippen LogP contribution >= 0.6 is 0 Å². The van der Waals surface area contributed by atoms with Gasteiger partial charge in [0, 0.05) is 19.3 Å². The van der Waals surface area contributed by atoms with Crippen LogP contribution < -0.4 is 11.1 Å². The third-order valence-corrected chi connectivity index (χ3v) is 4.43. The van der Waals surface area contributed by atoms with Crippen LogP contribution in [0.15, 0.2) is 0 Å². The Morgan fingerprint density at radius 3 is 2.67 bits per heavy atom. The van der Waals surface area contributed by atoms with E-state index in [4.69, 9.17) is 10.5 Å². The van der Waals surface area contributed by atoms with Crippen molar-refractivity contribution >= 4 is 5.91 Å². The molecule has 2 rings (SSSR count). The second kappa shape index (κ2) is 6.02. The lowest BCUT2D eigenvalue weighted by atomic mass is 9.89. The lowest BCUT2D eigenvalue weighted by molar-refractivity contribution is -0.130. The maximum Gasteiger partial charge on any atom is 0.240 e. The summed E-state index contributed by atoms with van der Waals surface area (Å²) >= 11 is 0. The van der Waals surface area contributed by atoms with Crippen molar-refractivity contribution in [2.75, 3.05) is 13.2 Å². The molecule has 1 saturated carbocycles. The highest BCUT2D eigenvalue weighted by molar-refractivity contribution is 5.86. The molecule has 0 aromatic rings. The number of carbonyl (C=O) groups excluding carboxylic acids is 1. The highest BCUT2D eigenvalue weighted by atomic mass is 16.5. The van der Waals surface area contributed by atoms with Gasteiger partial charge in [0.2, 0.25) is 5.91 Å². The molecule has 18 heavy (non-hydrogen) atoms. The fourth-order valence-corrected chi connectivity index (χ4v) is 2.92. The van der Waals surface area contributed by atoms with Crippen LogP contribution in [0.4, 0.5) is 0 Å². The number of rotatable bonds is 2. The van der Waals surface area contributed by atoms with E-state index < -0.39 is 5.54 Å². The molecule has 2 aliphatic rings. The largest absolute Gasteiger partial charge is 0.381 e. The van der Waals surface area contributed by atoms with Gasteiger partial charge in [0.25, 0.3) is 0 Å². The Morgan fingerprint density at radius 1 is 1.22 bits per heavy atom. The summed E-state index contributed by atoms with van der Waals surface area (Å²) in [4.78, 5) is 12.3. The van der Waals surface area contributed by atoms with E-state index in [2.05, 4.69) is 12.2 Å². The average Bonchev–Trinajstić information content (AvgIpc) is 2.55. The van der Waals surface area contributed by atoms with Crippen molar-refractivity contribution in [1.82, 2.24) is 5.32 Å². The number of nitrogens with two attached hydrogens (primary N) is 1. The average molecular weight is 254 g/mol. The van der Waals surface area contributed by atoms with Gasteiger partial charge in [0.15, 0.2) is 0 Å². The summed E-state index contributed by atoms with van der Waals surface area (Å²) in [6, 6.07) is 0.325. The van der Waals surface area contributed by atoms with Gasteiger partial charge in [-0.15, -0.1) is 0 Å². The summed E-state index contributed by atoms with van der Waals surface area (Å²) in [7, 11) is 0. The van der Waals surface area contributed by atoms with Crippen LogP contribution in [0.1, 0.15) is 51.9 Å². The number of carbonyl (C=O) groups is 1. The normalized spacial score (nSPS) is 32.6. The molecule has 0 aromatic carbocycles. The Kier molecular flexibility index (Phi) is 4.62. The van der Waals surface area contributed by atoms with Gasteiger partial charge in [-0.25, -0.2) is 0 Å². The molecular formula is C14H26N2O2. The summed E-state index contributed by atoms with van der Waals surface area (Å²) in [5.41, 5.74) is 5.50. The van der Waals surface area contributed by atoms with Crippen LogP contribution in [0.5, 0.6) is 0 Å².